The summed E-state index contributed by atoms with van der Waals surface area (Å²) >= 11 is 0. The first-order valence-corrected chi connectivity index (χ1v) is 17.2. The van der Waals surface area contributed by atoms with E-state index in [2.05, 4.69) is 26.4 Å². The zero-order valence-corrected chi connectivity index (χ0v) is 31.7. The van der Waals surface area contributed by atoms with Gasteiger partial charge in [0.15, 0.2) is 0 Å². The van der Waals surface area contributed by atoms with Crippen molar-refractivity contribution in [3.05, 3.63) is 90.1 Å². The van der Waals surface area contributed by atoms with E-state index in [0.29, 0.717) is 6.42 Å². The number of alkyl carbamates (subject to hydrolysis) is 2. The highest BCUT2D eigenvalue weighted by Gasteiger charge is 2.37. The Bertz CT molecular complexity index is 1590. The first-order valence-electron chi connectivity index (χ1n) is 17.2. The van der Waals surface area contributed by atoms with Crippen LogP contribution in [0.1, 0.15) is 52.7 Å². The molecule has 4 amide bonds. The Balaban J connectivity index is 2.00. The lowest BCUT2D eigenvalue weighted by atomic mass is 9.85. The second kappa shape index (κ2) is 19.0. The highest BCUT2D eigenvalue weighted by Crippen LogP contribution is 2.23. The summed E-state index contributed by atoms with van der Waals surface area (Å²) in [4.78, 5) is 56.8. The Hall–Kier alpha value is -5.01. The first kappa shape index (κ1) is 41.4. The molecule has 0 saturated carbocycles. The van der Waals surface area contributed by atoms with Gasteiger partial charge in [-0.3, -0.25) is 20.0 Å². The summed E-state index contributed by atoms with van der Waals surface area (Å²) in [6, 6.07) is 20.7. The molecule has 282 valence electrons. The molecule has 13 heteroatoms. The number of amides is 4. The molecule has 0 spiro atoms. The van der Waals surface area contributed by atoms with E-state index in [9.17, 15) is 19.2 Å². The van der Waals surface area contributed by atoms with Crippen LogP contribution in [-0.4, -0.2) is 86.1 Å². The minimum absolute atomic E-state index is 0.127. The highest BCUT2D eigenvalue weighted by molar-refractivity contribution is 5.87. The number of hydrazine groups is 1. The summed E-state index contributed by atoms with van der Waals surface area (Å²) in [5.74, 6) is -0.881. The molecular formula is C39H54N6O7. The van der Waals surface area contributed by atoms with E-state index >= 15 is 0 Å². The molecule has 2 aromatic carbocycles. The fourth-order valence-corrected chi connectivity index (χ4v) is 5.60. The average molecular weight is 719 g/mol. The third kappa shape index (κ3) is 12.6. The second-order valence-corrected chi connectivity index (χ2v) is 14.7. The maximum absolute atomic E-state index is 13.9. The lowest BCUT2D eigenvalue weighted by molar-refractivity contribution is -0.133. The third-order valence-electron chi connectivity index (χ3n) is 8.49. The van der Waals surface area contributed by atoms with Crippen molar-refractivity contribution in [3.63, 3.8) is 0 Å². The third-order valence-corrected chi connectivity index (χ3v) is 8.49. The van der Waals surface area contributed by atoms with Crippen LogP contribution in [0, 0.1) is 10.8 Å². The van der Waals surface area contributed by atoms with E-state index < -0.39 is 59.1 Å². The molecule has 0 aliphatic rings. The number of rotatable bonds is 15. The van der Waals surface area contributed by atoms with Crippen molar-refractivity contribution in [2.75, 3.05) is 27.9 Å². The van der Waals surface area contributed by atoms with Gasteiger partial charge >= 0.3 is 12.2 Å². The fraction of sp³-hybridized carbons (Fsp3) is 0.462. The summed E-state index contributed by atoms with van der Waals surface area (Å²) < 4.78 is 15.7. The Morgan fingerprint density at radius 2 is 1.25 bits per heavy atom. The Labute approximate surface area is 307 Å². The first-order chi connectivity index (χ1) is 24.5. The van der Waals surface area contributed by atoms with Gasteiger partial charge < -0.3 is 30.2 Å². The number of nitrogens with zero attached hydrogens (tertiary/aromatic N) is 2. The molecule has 4 atom stereocenters. The Morgan fingerprint density at radius 1 is 0.692 bits per heavy atom. The molecule has 0 radical (unpaired) electrons. The summed E-state index contributed by atoms with van der Waals surface area (Å²) in [5.41, 5.74) is 5.26. The van der Waals surface area contributed by atoms with Crippen molar-refractivity contribution in [2.45, 2.75) is 78.7 Å². The van der Waals surface area contributed by atoms with E-state index in [1.807, 2.05) is 114 Å². The van der Waals surface area contributed by atoms with Gasteiger partial charge in [0, 0.05) is 32.0 Å². The molecule has 0 aliphatic heterocycles. The van der Waals surface area contributed by atoms with Crippen molar-refractivity contribution in [2.24, 2.45) is 10.8 Å². The topological polar surface area (TPSA) is 160 Å². The monoisotopic (exact) mass is 718 g/mol. The molecule has 0 aliphatic carbocycles. The molecule has 0 saturated heterocycles. The quantitative estimate of drug-likeness (QED) is 0.161. The number of hydrogen-bond acceptors (Lipinski definition) is 9. The molecule has 4 N–H and O–H groups in total. The van der Waals surface area contributed by atoms with Crippen LogP contribution in [0.25, 0.3) is 11.3 Å². The van der Waals surface area contributed by atoms with E-state index in [1.54, 1.807) is 18.3 Å². The number of carbonyl (C=O) groups excluding carboxylic acids is 4. The fourth-order valence-electron chi connectivity index (χ4n) is 5.60. The lowest BCUT2D eigenvalue weighted by Crippen LogP contribution is -2.61. The number of hydrogen-bond donors (Lipinski definition) is 4. The van der Waals surface area contributed by atoms with Crippen LogP contribution >= 0.6 is 0 Å². The van der Waals surface area contributed by atoms with Crippen molar-refractivity contribution in [1.82, 2.24) is 31.4 Å². The average Bonchev–Trinajstić information content (AvgIpc) is 3.11. The molecule has 0 unspecified atom stereocenters. The van der Waals surface area contributed by atoms with Gasteiger partial charge in [-0.15, -0.1) is 0 Å². The number of benzene rings is 2. The predicted molar refractivity (Wildman–Crippen MR) is 199 cm³/mol. The number of carbonyl (C=O) groups is 4. The van der Waals surface area contributed by atoms with Gasteiger partial charge in [0.1, 0.15) is 12.1 Å². The Morgan fingerprint density at radius 3 is 1.75 bits per heavy atom. The van der Waals surface area contributed by atoms with Gasteiger partial charge in [-0.2, -0.15) is 0 Å². The van der Waals surface area contributed by atoms with Gasteiger partial charge in [0.05, 0.1) is 32.1 Å². The highest BCUT2D eigenvalue weighted by atomic mass is 16.5. The zero-order valence-electron chi connectivity index (χ0n) is 31.7. The maximum atomic E-state index is 13.9. The van der Waals surface area contributed by atoms with Crippen LogP contribution in [0.15, 0.2) is 79.0 Å². The van der Waals surface area contributed by atoms with Crippen LogP contribution in [0.3, 0.4) is 0 Å². The van der Waals surface area contributed by atoms with Crippen molar-refractivity contribution >= 4 is 24.0 Å². The lowest BCUT2D eigenvalue weighted by Gasteiger charge is -2.36. The molecular weight excluding hydrogens is 664 g/mol. The van der Waals surface area contributed by atoms with Crippen molar-refractivity contribution in [3.8, 4) is 11.3 Å². The van der Waals surface area contributed by atoms with Crippen LogP contribution in [0.4, 0.5) is 9.59 Å². The maximum Gasteiger partial charge on any atom is 0.407 e. The molecule has 3 aromatic rings. The number of pyridine rings is 1. The van der Waals surface area contributed by atoms with E-state index in [1.165, 1.54) is 14.2 Å². The number of ether oxygens (including phenoxy) is 3. The number of methoxy groups -OCH3 is 3. The molecule has 1 aromatic heterocycles. The molecule has 0 fully saturated rings. The van der Waals surface area contributed by atoms with Crippen LogP contribution in [0.5, 0.6) is 0 Å². The van der Waals surface area contributed by atoms with Crippen LogP contribution in [0.2, 0.25) is 0 Å². The summed E-state index contributed by atoms with van der Waals surface area (Å²) in [7, 11) is 4.02. The largest absolute Gasteiger partial charge is 0.453 e. The second-order valence-electron chi connectivity index (χ2n) is 14.7. The summed E-state index contributed by atoms with van der Waals surface area (Å²) in [6.45, 7) is 11.4. The molecule has 0 bridgehead atoms. The standard InChI is InChI=1S/C39H54N6O7/c1-38(2,3)32(42-36(48)51-8)34(46)41-30(23-26-15-11-10-12-16-26)31(50-7)25-45(44-35(47)33(39(4,5)6)43-37(49)52-9)24-27-18-20-28(21-19-27)29-17-13-14-22-40-29/h10-22,30-33H,23-25H2,1-9H3,(H,41,46)(H,42,48)(H,43,49)(H,44,47)/t30-,31-,32+,33+/m0/s1. The predicted octanol–water partition coefficient (Wildman–Crippen LogP) is 4.87. The van der Waals surface area contributed by atoms with Crippen molar-refractivity contribution in [1.29, 1.82) is 0 Å². The van der Waals surface area contributed by atoms with Crippen molar-refractivity contribution < 1.29 is 33.4 Å². The minimum atomic E-state index is -0.952. The van der Waals surface area contributed by atoms with Gasteiger partial charge in [0.25, 0.3) is 5.91 Å². The van der Waals surface area contributed by atoms with E-state index in [0.717, 1.165) is 22.4 Å². The van der Waals surface area contributed by atoms with Gasteiger partial charge in [0.2, 0.25) is 5.91 Å². The van der Waals surface area contributed by atoms with Crippen LogP contribution in [-0.2, 0) is 36.8 Å². The molecule has 3 rings (SSSR count). The zero-order chi connectivity index (χ0) is 38.5. The molecule has 13 nitrogen and oxygen atoms in total. The smallest absolute Gasteiger partial charge is 0.407 e. The summed E-state index contributed by atoms with van der Waals surface area (Å²) in [5, 5.41) is 10.2. The van der Waals surface area contributed by atoms with Gasteiger partial charge in [-0.25, -0.2) is 14.6 Å². The molecule has 52 heavy (non-hydrogen) atoms. The SMILES string of the molecule is COC(=O)N[C@H](C(=O)N[C@@H](Cc1ccccc1)[C@H](CN(Cc1ccc(-c2ccccn2)cc1)NC(=O)[C@@H](NC(=O)OC)C(C)(C)C)OC)C(C)(C)C. The van der Waals surface area contributed by atoms with Crippen LogP contribution < -0.4 is 21.4 Å². The molecule has 1 heterocycles. The Kier molecular flexibility index (Phi) is 15.1. The summed E-state index contributed by atoms with van der Waals surface area (Å²) in [6.07, 6.45) is -0.0113. The minimum Gasteiger partial charge on any atom is -0.453 e. The number of aromatic nitrogens is 1. The van der Waals surface area contributed by atoms with E-state index in [4.69, 9.17) is 14.2 Å². The number of nitrogens with one attached hydrogen (secondary N) is 4. The van der Waals surface area contributed by atoms with Gasteiger partial charge in [-0.05, 0) is 40.5 Å². The van der Waals surface area contributed by atoms with E-state index in [-0.39, 0.29) is 13.1 Å². The normalized spacial score (nSPS) is 14.0. The van der Waals surface area contributed by atoms with Gasteiger partial charge in [-0.1, -0.05) is 102 Å².